The highest BCUT2D eigenvalue weighted by molar-refractivity contribution is 5.56. The minimum Gasteiger partial charge on any atom is -0.354 e. The van der Waals surface area contributed by atoms with Crippen molar-refractivity contribution in [3.63, 3.8) is 0 Å². The van der Waals surface area contributed by atoms with Crippen molar-refractivity contribution in [3.05, 3.63) is 41.1 Å². The summed E-state index contributed by atoms with van der Waals surface area (Å²) in [6.07, 6.45) is 0.953. The van der Waals surface area contributed by atoms with Gasteiger partial charge in [0.05, 0.1) is 11.4 Å². The van der Waals surface area contributed by atoms with Gasteiger partial charge >= 0.3 is 0 Å². The number of hydrogen-bond acceptors (Lipinski definition) is 4. The van der Waals surface area contributed by atoms with Crippen LogP contribution in [0.1, 0.15) is 37.6 Å². The Labute approximate surface area is 158 Å². The van der Waals surface area contributed by atoms with Crippen molar-refractivity contribution in [1.29, 1.82) is 0 Å². The van der Waals surface area contributed by atoms with E-state index in [1.165, 1.54) is 22.6 Å². The van der Waals surface area contributed by atoms with Gasteiger partial charge in [0.1, 0.15) is 5.82 Å². The first-order valence-corrected chi connectivity index (χ1v) is 9.84. The van der Waals surface area contributed by atoms with Crippen molar-refractivity contribution >= 4 is 5.82 Å². The summed E-state index contributed by atoms with van der Waals surface area (Å²) < 4.78 is 2.18. The van der Waals surface area contributed by atoms with Gasteiger partial charge in [-0.2, -0.15) is 5.10 Å². The molecule has 142 valence electrons. The first-order chi connectivity index (χ1) is 12.5. The Morgan fingerprint density at radius 1 is 1.15 bits per heavy atom. The normalized spacial score (nSPS) is 15.8. The van der Waals surface area contributed by atoms with Crippen molar-refractivity contribution in [2.45, 2.75) is 46.7 Å². The molecule has 1 saturated heterocycles. The fraction of sp³-hybridized carbons (Fsp3) is 0.571. The maximum Gasteiger partial charge on any atom is 0.137 e. The molecule has 1 aliphatic heterocycles. The number of aromatic nitrogens is 2. The van der Waals surface area contributed by atoms with Gasteiger partial charge in [0.25, 0.3) is 0 Å². The van der Waals surface area contributed by atoms with Gasteiger partial charge in [-0.3, -0.25) is 0 Å². The van der Waals surface area contributed by atoms with Gasteiger partial charge in [-0.1, -0.05) is 32.9 Å². The fourth-order valence-electron chi connectivity index (χ4n) is 3.54. The predicted octanol–water partition coefficient (Wildman–Crippen LogP) is 2.99. The minimum absolute atomic E-state index is 0.461. The topological polar surface area (TPSA) is 36.3 Å². The third-order valence-electron chi connectivity index (χ3n) is 5.11. The number of benzene rings is 1. The highest BCUT2D eigenvalue weighted by atomic mass is 15.4. The van der Waals surface area contributed by atoms with Crippen LogP contribution in [0.15, 0.2) is 24.3 Å². The zero-order chi connectivity index (χ0) is 18.7. The average Bonchev–Trinajstić information content (AvgIpc) is 2.99. The van der Waals surface area contributed by atoms with Crippen LogP contribution in [0.4, 0.5) is 5.82 Å². The van der Waals surface area contributed by atoms with E-state index in [1.807, 2.05) is 0 Å². The lowest BCUT2D eigenvalue weighted by Crippen LogP contribution is -2.45. The zero-order valence-corrected chi connectivity index (χ0v) is 16.9. The number of aryl methyl sites for hydroxylation is 2. The molecule has 26 heavy (non-hydrogen) atoms. The second kappa shape index (κ2) is 8.23. The van der Waals surface area contributed by atoms with Gasteiger partial charge in [0, 0.05) is 44.3 Å². The minimum atomic E-state index is 0.461. The maximum atomic E-state index is 5.03. The monoisotopic (exact) mass is 355 g/mol. The van der Waals surface area contributed by atoms with E-state index in [0.29, 0.717) is 6.04 Å². The van der Waals surface area contributed by atoms with E-state index >= 15 is 0 Å². The number of likely N-dealkylation sites (N-methyl/N-ethyl adjacent to an activating group) is 1. The third kappa shape index (κ3) is 4.10. The molecule has 0 bridgehead atoms. The average molecular weight is 356 g/mol. The molecule has 2 aromatic rings. The van der Waals surface area contributed by atoms with Crippen molar-refractivity contribution in [2.75, 3.05) is 38.1 Å². The molecule has 1 N–H and O–H groups in total. The van der Waals surface area contributed by atoms with Gasteiger partial charge in [0.2, 0.25) is 0 Å². The summed E-state index contributed by atoms with van der Waals surface area (Å²) in [4.78, 5) is 4.92. The molecule has 5 nitrogen and oxygen atoms in total. The quantitative estimate of drug-likeness (QED) is 0.864. The van der Waals surface area contributed by atoms with Gasteiger partial charge < -0.3 is 15.1 Å². The molecule has 1 fully saturated rings. The molecule has 1 aromatic carbocycles. The van der Waals surface area contributed by atoms with E-state index in [1.54, 1.807) is 0 Å². The fourth-order valence-corrected chi connectivity index (χ4v) is 3.54. The molecule has 1 aliphatic rings. The Balaban J connectivity index is 2.07. The lowest BCUT2D eigenvalue weighted by atomic mass is 10.1. The van der Waals surface area contributed by atoms with Gasteiger partial charge in [-0.25, -0.2) is 4.68 Å². The molecular weight excluding hydrogens is 322 g/mol. The zero-order valence-electron chi connectivity index (χ0n) is 16.9. The van der Waals surface area contributed by atoms with Crippen LogP contribution in [-0.4, -0.2) is 53.9 Å². The van der Waals surface area contributed by atoms with Crippen molar-refractivity contribution < 1.29 is 0 Å². The largest absolute Gasteiger partial charge is 0.354 e. The SMILES string of the molecule is CCc1nn(-c2cccc(C)c2)c(N2CCN(C)CC2)c1CNC(C)C. The van der Waals surface area contributed by atoms with Gasteiger partial charge in [-0.05, 0) is 38.1 Å². The molecule has 1 aromatic heterocycles. The molecule has 0 aliphatic carbocycles. The van der Waals surface area contributed by atoms with Gasteiger partial charge in [0.15, 0.2) is 0 Å². The molecule has 2 heterocycles. The summed E-state index contributed by atoms with van der Waals surface area (Å²) in [5.41, 5.74) is 4.98. The van der Waals surface area contributed by atoms with E-state index < -0.39 is 0 Å². The molecule has 0 radical (unpaired) electrons. The molecule has 5 heteroatoms. The summed E-state index contributed by atoms with van der Waals surface area (Å²) >= 11 is 0. The Morgan fingerprint density at radius 2 is 1.88 bits per heavy atom. The summed E-state index contributed by atoms with van der Waals surface area (Å²) in [6, 6.07) is 9.12. The summed E-state index contributed by atoms with van der Waals surface area (Å²) in [5.74, 6) is 1.27. The Kier molecular flexibility index (Phi) is 5.99. The number of nitrogens with zero attached hydrogens (tertiary/aromatic N) is 4. The van der Waals surface area contributed by atoms with Crippen LogP contribution in [0.25, 0.3) is 5.69 Å². The predicted molar refractivity (Wildman–Crippen MR) is 109 cm³/mol. The van der Waals surface area contributed by atoms with E-state index in [9.17, 15) is 0 Å². The smallest absolute Gasteiger partial charge is 0.137 e. The van der Waals surface area contributed by atoms with E-state index in [4.69, 9.17) is 5.10 Å². The number of hydrogen-bond donors (Lipinski definition) is 1. The maximum absolute atomic E-state index is 5.03. The van der Waals surface area contributed by atoms with Crippen molar-refractivity contribution in [3.8, 4) is 5.69 Å². The van der Waals surface area contributed by atoms with Crippen LogP contribution in [0, 0.1) is 6.92 Å². The first-order valence-electron chi connectivity index (χ1n) is 9.84. The number of rotatable bonds is 6. The molecule has 0 amide bonds. The lowest BCUT2D eigenvalue weighted by molar-refractivity contribution is 0.311. The van der Waals surface area contributed by atoms with E-state index in [2.05, 4.69) is 78.8 Å². The molecule has 0 spiro atoms. The van der Waals surface area contributed by atoms with Gasteiger partial charge in [-0.15, -0.1) is 0 Å². The Morgan fingerprint density at radius 3 is 2.50 bits per heavy atom. The van der Waals surface area contributed by atoms with E-state index in [-0.39, 0.29) is 0 Å². The Bertz CT molecular complexity index is 726. The molecular formula is C21H33N5. The molecule has 3 rings (SSSR count). The highest BCUT2D eigenvalue weighted by Gasteiger charge is 2.25. The highest BCUT2D eigenvalue weighted by Crippen LogP contribution is 2.29. The molecule has 0 atom stereocenters. The van der Waals surface area contributed by atoms with Crippen LogP contribution in [0.2, 0.25) is 0 Å². The van der Waals surface area contributed by atoms with Crippen LogP contribution >= 0.6 is 0 Å². The summed E-state index contributed by atoms with van der Waals surface area (Å²) in [7, 11) is 2.20. The van der Waals surface area contributed by atoms with Crippen LogP contribution in [0.3, 0.4) is 0 Å². The third-order valence-corrected chi connectivity index (χ3v) is 5.11. The van der Waals surface area contributed by atoms with Crippen LogP contribution < -0.4 is 10.2 Å². The molecule has 0 unspecified atom stereocenters. The Hall–Kier alpha value is -1.85. The summed E-state index contributed by atoms with van der Waals surface area (Å²) in [5, 5.41) is 8.64. The van der Waals surface area contributed by atoms with Crippen molar-refractivity contribution in [2.24, 2.45) is 0 Å². The van der Waals surface area contributed by atoms with Crippen LogP contribution in [0.5, 0.6) is 0 Å². The van der Waals surface area contributed by atoms with Crippen LogP contribution in [-0.2, 0) is 13.0 Å². The summed E-state index contributed by atoms with van der Waals surface area (Å²) in [6.45, 7) is 13.9. The standard InChI is InChI=1S/C21H33N5/c1-6-20-19(15-22-16(2)3)21(25-12-10-24(5)11-13-25)26(23-20)18-9-7-8-17(4)14-18/h7-9,14,16,22H,6,10-13,15H2,1-5H3. The lowest BCUT2D eigenvalue weighted by Gasteiger charge is -2.35. The van der Waals surface area contributed by atoms with Crippen molar-refractivity contribution in [1.82, 2.24) is 20.0 Å². The number of anilines is 1. The molecule has 0 saturated carbocycles. The number of piperazine rings is 1. The number of nitrogens with one attached hydrogen (secondary N) is 1. The second-order valence-electron chi connectivity index (χ2n) is 7.68. The van der Waals surface area contributed by atoms with E-state index in [0.717, 1.165) is 44.8 Å². The first kappa shape index (κ1) is 18.9. The second-order valence-corrected chi connectivity index (χ2v) is 7.68.